The molecule has 1 unspecified atom stereocenters. The lowest BCUT2D eigenvalue weighted by Gasteiger charge is -2.30. The van der Waals surface area contributed by atoms with Crippen LogP contribution in [0.2, 0.25) is 5.02 Å². The van der Waals surface area contributed by atoms with Gasteiger partial charge in [-0.2, -0.15) is 0 Å². The third-order valence-corrected chi connectivity index (χ3v) is 4.17. The first-order valence-corrected chi connectivity index (χ1v) is 7.17. The Hall–Kier alpha value is -0.730. The number of ether oxygens (including phenoxy) is 1. The van der Waals surface area contributed by atoms with Crippen molar-refractivity contribution in [1.82, 2.24) is 0 Å². The van der Waals surface area contributed by atoms with Gasteiger partial charge in [0.25, 0.3) is 0 Å². The summed E-state index contributed by atoms with van der Waals surface area (Å²) in [4.78, 5) is 0. The van der Waals surface area contributed by atoms with Crippen molar-refractivity contribution < 1.29 is 4.74 Å². The highest BCUT2D eigenvalue weighted by molar-refractivity contribution is 6.30. The van der Waals surface area contributed by atoms with Crippen molar-refractivity contribution in [3.8, 4) is 5.75 Å². The average molecular weight is 268 g/mol. The minimum absolute atomic E-state index is 0.146. The predicted molar refractivity (Wildman–Crippen MR) is 76.0 cm³/mol. The van der Waals surface area contributed by atoms with Crippen molar-refractivity contribution in [2.24, 2.45) is 17.6 Å². The van der Waals surface area contributed by atoms with Crippen LogP contribution in [0.4, 0.5) is 0 Å². The number of hydrogen-bond donors (Lipinski definition) is 1. The number of halogens is 1. The van der Waals surface area contributed by atoms with Crippen LogP contribution in [-0.4, -0.2) is 12.6 Å². The van der Waals surface area contributed by atoms with E-state index in [1.54, 1.807) is 0 Å². The van der Waals surface area contributed by atoms with Gasteiger partial charge in [-0.25, -0.2) is 0 Å². The van der Waals surface area contributed by atoms with Crippen LogP contribution >= 0.6 is 11.6 Å². The smallest absolute Gasteiger partial charge is 0.119 e. The van der Waals surface area contributed by atoms with Crippen molar-refractivity contribution in [3.05, 3.63) is 29.3 Å². The molecule has 1 aliphatic rings. The monoisotopic (exact) mass is 267 g/mol. The maximum Gasteiger partial charge on any atom is 0.119 e. The van der Waals surface area contributed by atoms with Crippen LogP contribution in [0.15, 0.2) is 24.3 Å². The quantitative estimate of drug-likeness (QED) is 0.899. The molecule has 0 heterocycles. The van der Waals surface area contributed by atoms with Gasteiger partial charge in [0.05, 0.1) is 0 Å². The molecule has 3 heteroatoms. The summed E-state index contributed by atoms with van der Waals surface area (Å²) in [6.07, 6.45) is 5.09. The average Bonchev–Trinajstić information content (AvgIpc) is 2.38. The summed E-state index contributed by atoms with van der Waals surface area (Å²) in [7, 11) is 0. The predicted octanol–water partition coefficient (Wildman–Crippen LogP) is 3.87. The van der Waals surface area contributed by atoms with Gasteiger partial charge in [0.2, 0.25) is 0 Å². The van der Waals surface area contributed by atoms with E-state index in [1.807, 2.05) is 24.3 Å². The van der Waals surface area contributed by atoms with Crippen LogP contribution in [0.3, 0.4) is 0 Å². The Balaban J connectivity index is 1.77. The van der Waals surface area contributed by atoms with Crippen molar-refractivity contribution in [1.29, 1.82) is 0 Å². The summed E-state index contributed by atoms with van der Waals surface area (Å²) in [6, 6.07) is 7.60. The van der Waals surface area contributed by atoms with E-state index in [0.29, 0.717) is 12.5 Å². The molecule has 0 amide bonds. The van der Waals surface area contributed by atoms with Crippen LogP contribution in [-0.2, 0) is 0 Å². The lowest BCUT2D eigenvalue weighted by atomic mass is 9.80. The van der Waals surface area contributed by atoms with Crippen LogP contribution in [0.5, 0.6) is 5.75 Å². The SMILES string of the molecule is CC1CCC(C(N)COc2ccc(Cl)cc2)CC1. The Labute approximate surface area is 114 Å². The molecular formula is C15H22ClNO. The van der Waals surface area contributed by atoms with E-state index in [0.717, 1.165) is 16.7 Å². The second-order valence-electron chi connectivity index (χ2n) is 5.45. The molecule has 0 aromatic heterocycles. The first kappa shape index (κ1) is 13.7. The first-order chi connectivity index (χ1) is 8.65. The van der Waals surface area contributed by atoms with Gasteiger partial charge in [-0.1, -0.05) is 31.4 Å². The van der Waals surface area contributed by atoms with E-state index >= 15 is 0 Å². The second-order valence-corrected chi connectivity index (χ2v) is 5.89. The minimum atomic E-state index is 0.146. The molecule has 1 aromatic carbocycles. The highest BCUT2D eigenvalue weighted by Gasteiger charge is 2.23. The molecular weight excluding hydrogens is 246 g/mol. The molecule has 1 atom stereocenters. The lowest BCUT2D eigenvalue weighted by molar-refractivity contribution is 0.195. The molecule has 100 valence electrons. The normalized spacial score (nSPS) is 25.7. The summed E-state index contributed by atoms with van der Waals surface area (Å²) in [5.41, 5.74) is 6.22. The van der Waals surface area contributed by atoms with Gasteiger partial charge >= 0.3 is 0 Å². The molecule has 1 aromatic rings. The van der Waals surface area contributed by atoms with Crippen molar-refractivity contribution in [3.63, 3.8) is 0 Å². The first-order valence-electron chi connectivity index (χ1n) is 6.79. The number of hydrogen-bond acceptors (Lipinski definition) is 2. The van der Waals surface area contributed by atoms with Gasteiger partial charge in [-0.05, 0) is 48.9 Å². The maximum atomic E-state index is 6.22. The Morgan fingerprint density at radius 2 is 1.83 bits per heavy atom. The fraction of sp³-hybridized carbons (Fsp3) is 0.600. The third kappa shape index (κ3) is 3.89. The molecule has 2 rings (SSSR count). The van der Waals surface area contributed by atoms with Gasteiger partial charge < -0.3 is 10.5 Å². The standard InChI is InChI=1S/C15H22ClNO/c1-11-2-4-12(5-3-11)15(17)10-18-14-8-6-13(16)7-9-14/h6-9,11-12,15H,2-5,10,17H2,1H3. The molecule has 0 aliphatic heterocycles. The zero-order valence-corrected chi connectivity index (χ0v) is 11.7. The number of nitrogens with two attached hydrogens (primary N) is 1. The largest absolute Gasteiger partial charge is 0.492 e. The van der Waals surface area contributed by atoms with Crippen LogP contribution in [0.1, 0.15) is 32.6 Å². The Kier molecular flexibility index (Phi) is 4.90. The Morgan fingerprint density at radius 1 is 1.22 bits per heavy atom. The van der Waals surface area contributed by atoms with E-state index < -0.39 is 0 Å². The molecule has 0 saturated heterocycles. The van der Waals surface area contributed by atoms with Crippen molar-refractivity contribution in [2.75, 3.05) is 6.61 Å². The van der Waals surface area contributed by atoms with Crippen LogP contribution < -0.4 is 10.5 Å². The summed E-state index contributed by atoms with van der Waals surface area (Å²) in [5, 5.41) is 0.730. The molecule has 0 bridgehead atoms. The Bertz CT molecular complexity index is 357. The molecule has 18 heavy (non-hydrogen) atoms. The molecule has 1 fully saturated rings. The topological polar surface area (TPSA) is 35.2 Å². The van der Waals surface area contributed by atoms with Gasteiger partial charge in [0.1, 0.15) is 12.4 Å². The highest BCUT2D eigenvalue weighted by Crippen LogP contribution is 2.30. The summed E-state index contributed by atoms with van der Waals surface area (Å²) >= 11 is 5.83. The van der Waals surface area contributed by atoms with E-state index in [1.165, 1.54) is 25.7 Å². The maximum absolute atomic E-state index is 6.22. The summed E-state index contributed by atoms with van der Waals surface area (Å²) in [6.45, 7) is 2.92. The van der Waals surface area contributed by atoms with Gasteiger partial charge in [0, 0.05) is 11.1 Å². The third-order valence-electron chi connectivity index (χ3n) is 3.92. The summed E-state index contributed by atoms with van der Waals surface area (Å²) in [5.74, 6) is 2.33. The second kappa shape index (κ2) is 6.44. The van der Waals surface area contributed by atoms with Gasteiger partial charge in [-0.3, -0.25) is 0 Å². The molecule has 1 saturated carbocycles. The summed E-state index contributed by atoms with van der Waals surface area (Å²) < 4.78 is 5.72. The number of benzene rings is 1. The zero-order chi connectivity index (χ0) is 13.0. The molecule has 1 aliphatic carbocycles. The van der Waals surface area contributed by atoms with E-state index in [-0.39, 0.29) is 6.04 Å². The van der Waals surface area contributed by atoms with Crippen molar-refractivity contribution >= 4 is 11.6 Å². The number of rotatable bonds is 4. The molecule has 0 radical (unpaired) electrons. The zero-order valence-electron chi connectivity index (χ0n) is 10.9. The van der Waals surface area contributed by atoms with Crippen molar-refractivity contribution in [2.45, 2.75) is 38.6 Å². The van der Waals surface area contributed by atoms with Gasteiger partial charge in [-0.15, -0.1) is 0 Å². The fourth-order valence-electron chi connectivity index (χ4n) is 2.57. The molecule has 2 nitrogen and oxygen atoms in total. The highest BCUT2D eigenvalue weighted by atomic mass is 35.5. The van der Waals surface area contributed by atoms with Gasteiger partial charge in [0.15, 0.2) is 0 Å². The molecule has 2 N–H and O–H groups in total. The van der Waals surface area contributed by atoms with E-state index in [4.69, 9.17) is 22.1 Å². The lowest BCUT2D eigenvalue weighted by Crippen LogP contribution is -2.37. The van der Waals surface area contributed by atoms with Crippen LogP contribution in [0, 0.1) is 11.8 Å². The van der Waals surface area contributed by atoms with Crippen LogP contribution in [0.25, 0.3) is 0 Å². The van der Waals surface area contributed by atoms with E-state index in [2.05, 4.69) is 6.92 Å². The minimum Gasteiger partial charge on any atom is -0.492 e. The Morgan fingerprint density at radius 3 is 2.44 bits per heavy atom. The molecule has 0 spiro atoms. The fourth-order valence-corrected chi connectivity index (χ4v) is 2.70. The van der Waals surface area contributed by atoms with E-state index in [9.17, 15) is 0 Å².